The number of thiophene rings is 1. The van der Waals surface area contributed by atoms with E-state index in [0.29, 0.717) is 5.92 Å². The van der Waals surface area contributed by atoms with Crippen LogP contribution in [-0.2, 0) is 17.6 Å². The van der Waals surface area contributed by atoms with Crippen molar-refractivity contribution in [2.75, 3.05) is 19.6 Å². The number of carbonyl (C=O) groups excluding carboxylic acids is 2. The summed E-state index contributed by atoms with van der Waals surface area (Å²) in [6, 6.07) is 4.03. The summed E-state index contributed by atoms with van der Waals surface area (Å²) in [5, 5.41) is 3.99. The molecule has 3 heterocycles. The van der Waals surface area contributed by atoms with E-state index in [4.69, 9.17) is 0 Å². The number of likely N-dealkylation sites (tertiary alicyclic amines) is 1. The van der Waals surface area contributed by atoms with Crippen molar-refractivity contribution in [2.45, 2.75) is 45.4 Å². The van der Waals surface area contributed by atoms with Crippen LogP contribution in [-0.4, -0.2) is 40.9 Å². The van der Waals surface area contributed by atoms with E-state index in [1.807, 2.05) is 29.4 Å². The Morgan fingerprint density at radius 2 is 1.85 bits per heavy atom. The number of piperidine rings is 1. The van der Waals surface area contributed by atoms with E-state index in [2.05, 4.69) is 9.88 Å². The smallest absolute Gasteiger partial charge is 0.257 e. The standard InChI is InChI=1S/C21H27N3O2S/c1-15(25)22-14-16-8-12-23(13-9-16)20(26)19-17-6-2-3-7-18(17)27-21(19)24-10-4-5-11-24/h4-5,10-11,16H,2-3,6-9,12-14H2,1H3,(H,22,25). The van der Waals surface area contributed by atoms with Crippen molar-refractivity contribution in [1.29, 1.82) is 0 Å². The average molecular weight is 386 g/mol. The molecule has 0 unspecified atom stereocenters. The van der Waals surface area contributed by atoms with Gasteiger partial charge in [-0.15, -0.1) is 11.3 Å². The van der Waals surface area contributed by atoms with E-state index < -0.39 is 0 Å². The minimum Gasteiger partial charge on any atom is -0.356 e. The predicted octanol–water partition coefficient (Wildman–Crippen LogP) is 3.41. The molecular weight excluding hydrogens is 358 g/mol. The third kappa shape index (κ3) is 3.81. The molecule has 1 saturated heterocycles. The van der Waals surface area contributed by atoms with Gasteiger partial charge < -0.3 is 14.8 Å². The van der Waals surface area contributed by atoms with Gasteiger partial charge in [-0.25, -0.2) is 0 Å². The summed E-state index contributed by atoms with van der Waals surface area (Å²) in [5.41, 5.74) is 2.23. The Morgan fingerprint density at radius 3 is 2.56 bits per heavy atom. The molecule has 5 nitrogen and oxygen atoms in total. The van der Waals surface area contributed by atoms with E-state index in [1.165, 1.54) is 23.3 Å². The van der Waals surface area contributed by atoms with Crippen LogP contribution in [0.5, 0.6) is 0 Å². The first kappa shape index (κ1) is 18.3. The van der Waals surface area contributed by atoms with Crippen molar-refractivity contribution in [1.82, 2.24) is 14.8 Å². The molecule has 1 fully saturated rings. The van der Waals surface area contributed by atoms with Gasteiger partial charge in [-0.3, -0.25) is 9.59 Å². The molecule has 0 bridgehead atoms. The number of hydrogen-bond donors (Lipinski definition) is 1. The van der Waals surface area contributed by atoms with Gasteiger partial charge in [0.05, 0.1) is 5.56 Å². The molecule has 0 spiro atoms. The SMILES string of the molecule is CC(=O)NCC1CCN(C(=O)c2c(-n3cccc3)sc3c2CCCC3)CC1. The molecular formula is C21H27N3O2S. The number of hydrogen-bond acceptors (Lipinski definition) is 3. The fourth-order valence-electron chi connectivity index (χ4n) is 4.21. The van der Waals surface area contributed by atoms with Gasteiger partial charge >= 0.3 is 0 Å². The normalized spacial score (nSPS) is 17.6. The molecule has 2 amide bonds. The van der Waals surface area contributed by atoms with Gasteiger partial charge in [-0.1, -0.05) is 0 Å². The maximum atomic E-state index is 13.5. The highest BCUT2D eigenvalue weighted by atomic mass is 32.1. The summed E-state index contributed by atoms with van der Waals surface area (Å²) in [6.07, 6.45) is 10.5. The van der Waals surface area contributed by atoms with Crippen molar-refractivity contribution < 1.29 is 9.59 Å². The fourth-order valence-corrected chi connectivity index (χ4v) is 5.56. The summed E-state index contributed by atoms with van der Waals surface area (Å²) in [7, 11) is 0. The molecule has 1 aliphatic heterocycles. The number of nitrogens with zero attached hydrogens (tertiary/aromatic N) is 2. The van der Waals surface area contributed by atoms with Crippen LogP contribution >= 0.6 is 11.3 Å². The molecule has 0 radical (unpaired) electrons. The average Bonchev–Trinajstić information content (AvgIpc) is 3.33. The number of fused-ring (bicyclic) bond motifs is 1. The van der Waals surface area contributed by atoms with Crippen LogP contribution in [0.2, 0.25) is 0 Å². The van der Waals surface area contributed by atoms with E-state index in [9.17, 15) is 9.59 Å². The second-order valence-electron chi connectivity index (χ2n) is 7.65. The predicted molar refractivity (Wildman–Crippen MR) is 108 cm³/mol. The first-order valence-electron chi connectivity index (χ1n) is 9.95. The molecule has 0 aromatic carbocycles. The fraction of sp³-hybridized carbons (Fsp3) is 0.524. The zero-order chi connectivity index (χ0) is 18.8. The Balaban J connectivity index is 1.54. The number of rotatable bonds is 4. The largest absolute Gasteiger partial charge is 0.356 e. The van der Waals surface area contributed by atoms with Gasteiger partial charge in [-0.05, 0) is 62.1 Å². The summed E-state index contributed by atoms with van der Waals surface area (Å²) in [6.45, 7) is 3.83. The minimum absolute atomic E-state index is 0.0229. The van der Waals surface area contributed by atoms with Crippen LogP contribution in [0.1, 0.15) is 53.4 Å². The Labute approximate surface area is 164 Å². The summed E-state index contributed by atoms with van der Waals surface area (Å²) in [5.74, 6) is 0.684. The van der Waals surface area contributed by atoms with Gasteiger partial charge in [0, 0.05) is 43.8 Å². The molecule has 6 heteroatoms. The van der Waals surface area contributed by atoms with Crippen LogP contribution in [0, 0.1) is 5.92 Å². The van der Waals surface area contributed by atoms with E-state index in [1.54, 1.807) is 18.3 Å². The Hall–Kier alpha value is -2.08. The second kappa shape index (κ2) is 7.89. The van der Waals surface area contributed by atoms with Gasteiger partial charge in [0.15, 0.2) is 0 Å². The van der Waals surface area contributed by atoms with E-state index in [0.717, 1.165) is 55.9 Å². The quantitative estimate of drug-likeness (QED) is 0.877. The zero-order valence-corrected chi connectivity index (χ0v) is 16.7. The number of nitrogens with one attached hydrogen (secondary N) is 1. The summed E-state index contributed by atoms with van der Waals surface area (Å²) in [4.78, 5) is 28.0. The first-order valence-corrected chi connectivity index (χ1v) is 10.8. The molecule has 2 aromatic heterocycles. The number of aryl methyl sites for hydroxylation is 1. The maximum Gasteiger partial charge on any atom is 0.257 e. The molecule has 0 saturated carbocycles. The summed E-state index contributed by atoms with van der Waals surface area (Å²) < 4.78 is 2.10. The topological polar surface area (TPSA) is 54.3 Å². The van der Waals surface area contributed by atoms with Gasteiger partial charge in [-0.2, -0.15) is 0 Å². The Morgan fingerprint density at radius 1 is 1.15 bits per heavy atom. The molecule has 0 atom stereocenters. The summed E-state index contributed by atoms with van der Waals surface area (Å²) >= 11 is 1.79. The zero-order valence-electron chi connectivity index (χ0n) is 15.9. The van der Waals surface area contributed by atoms with Crippen molar-refractivity contribution >= 4 is 23.2 Å². The van der Waals surface area contributed by atoms with E-state index >= 15 is 0 Å². The van der Waals surface area contributed by atoms with Crippen molar-refractivity contribution in [3.63, 3.8) is 0 Å². The van der Waals surface area contributed by atoms with Crippen molar-refractivity contribution in [3.05, 3.63) is 40.5 Å². The Kier molecular flexibility index (Phi) is 5.34. The number of aromatic nitrogens is 1. The minimum atomic E-state index is 0.0229. The van der Waals surface area contributed by atoms with Crippen LogP contribution in [0.15, 0.2) is 24.5 Å². The molecule has 144 valence electrons. The van der Waals surface area contributed by atoms with Crippen molar-refractivity contribution in [2.24, 2.45) is 5.92 Å². The van der Waals surface area contributed by atoms with Crippen LogP contribution in [0.3, 0.4) is 0 Å². The van der Waals surface area contributed by atoms with Crippen LogP contribution in [0.25, 0.3) is 5.00 Å². The lowest BCUT2D eigenvalue weighted by molar-refractivity contribution is -0.119. The lowest BCUT2D eigenvalue weighted by Crippen LogP contribution is -2.41. The molecule has 2 aliphatic rings. The van der Waals surface area contributed by atoms with Gasteiger partial charge in [0.2, 0.25) is 5.91 Å². The molecule has 1 N–H and O–H groups in total. The monoisotopic (exact) mass is 385 g/mol. The molecule has 27 heavy (non-hydrogen) atoms. The molecule has 1 aliphatic carbocycles. The van der Waals surface area contributed by atoms with Crippen LogP contribution < -0.4 is 5.32 Å². The third-order valence-corrected chi connectivity index (χ3v) is 7.05. The van der Waals surface area contributed by atoms with Gasteiger partial charge in [0.25, 0.3) is 5.91 Å². The second-order valence-corrected chi connectivity index (χ2v) is 8.74. The molecule has 2 aromatic rings. The molecule has 4 rings (SSSR count). The van der Waals surface area contributed by atoms with Crippen LogP contribution in [0.4, 0.5) is 0 Å². The number of amides is 2. The van der Waals surface area contributed by atoms with Gasteiger partial charge in [0.1, 0.15) is 5.00 Å². The first-order chi connectivity index (χ1) is 13.1. The number of carbonyl (C=O) groups is 2. The lowest BCUT2D eigenvalue weighted by Gasteiger charge is -2.32. The van der Waals surface area contributed by atoms with E-state index in [-0.39, 0.29) is 11.8 Å². The highest BCUT2D eigenvalue weighted by molar-refractivity contribution is 7.15. The highest BCUT2D eigenvalue weighted by Crippen LogP contribution is 2.38. The highest BCUT2D eigenvalue weighted by Gasteiger charge is 2.31. The van der Waals surface area contributed by atoms with Crippen molar-refractivity contribution in [3.8, 4) is 5.00 Å². The maximum absolute atomic E-state index is 13.5. The third-order valence-electron chi connectivity index (χ3n) is 5.75. The Bertz CT molecular complexity index is 817. The lowest BCUT2D eigenvalue weighted by atomic mass is 9.93.